The first-order chi connectivity index (χ1) is 14.5. The van der Waals surface area contributed by atoms with E-state index < -0.39 is 0 Å². The second-order valence-electron chi connectivity index (χ2n) is 7.45. The first-order valence-electron chi connectivity index (χ1n) is 10.0. The smallest absolute Gasteiger partial charge is 0.253 e. The molecule has 7 heteroatoms. The number of hydrogen-bond acceptors (Lipinski definition) is 4. The Morgan fingerprint density at radius 1 is 1.17 bits per heavy atom. The van der Waals surface area contributed by atoms with Gasteiger partial charge in [-0.25, -0.2) is 0 Å². The molecule has 7 nitrogen and oxygen atoms in total. The summed E-state index contributed by atoms with van der Waals surface area (Å²) in [7, 11) is 0. The maximum Gasteiger partial charge on any atom is 0.253 e. The zero-order valence-corrected chi connectivity index (χ0v) is 17.2. The number of nitrogens with one attached hydrogen (secondary N) is 2. The van der Waals surface area contributed by atoms with Crippen molar-refractivity contribution in [1.82, 2.24) is 20.2 Å². The van der Waals surface area contributed by atoms with Crippen LogP contribution in [0.4, 0.5) is 5.69 Å². The normalized spacial score (nSPS) is 13.8. The molecule has 3 aromatic rings. The third kappa shape index (κ3) is 4.05. The minimum Gasteiger partial charge on any atom is -0.360 e. The van der Waals surface area contributed by atoms with Crippen molar-refractivity contribution in [2.45, 2.75) is 20.4 Å². The van der Waals surface area contributed by atoms with E-state index in [2.05, 4.69) is 20.5 Å². The minimum absolute atomic E-state index is 0.0430. The summed E-state index contributed by atoms with van der Waals surface area (Å²) in [5.74, 6) is -0.0588. The molecular weight excluding hydrogens is 378 g/mol. The van der Waals surface area contributed by atoms with Gasteiger partial charge in [0.2, 0.25) is 5.91 Å². The molecular formula is C23H25N5O2. The zero-order valence-electron chi connectivity index (χ0n) is 17.2. The summed E-state index contributed by atoms with van der Waals surface area (Å²) in [5.41, 5.74) is 5.49. The average molecular weight is 403 g/mol. The van der Waals surface area contributed by atoms with Crippen LogP contribution < -0.4 is 15.5 Å². The molecule has 30 heavy (non-hydrogen) atoms. The second-order valence-corrected chi connectivity index (χ2v) is 7.45. The maximum atomic E-state index is 12.8. The Labute approximate surface area is 175 Å². The lowest BCUT2D eigenvalue weighted by atomic mass is 10.1. The maximum absolute atomic E-state index is 12.8. The molecule has 154 valence electrons. The van der Waals surface area contributed by atoms with Crippen molar-refractivity contribution in [3.63, 3.8) is 0 Å². The van der Waals surface area contributed by atoms with Crippen LogP contribution in [0.15, 0.2) is 54.9 Å². The van der Waals surface area contributed by atoms with Crippen molar-refractivity contribution >= 4 is 17.5 Å². The highest BCUT2D eigenvalue weighted by atomic mass is 16.2. The van der Waals surface area contributed by atoms with Gasteiger partial charge in [-0.1, -0.05) is 12.1 Å². The molecule has 1 saturated heterocycles. The van der Waals surface area contributed by atoms with Crippen LogP contribution >= 0.6 is 0 Å². The number of aryl methyl sites for hydroxylation is 1. The molecule has 0 saturated carbocycles. The summed E-state index contributed by atoms with van der Waals surface area (Å²) in [6.45, 7) is 6.20. The Morgan fingerprint density at radius 3 is 2.67 bits per heavy atom. The molecule has 0 spiro atoms. The van der Waals surface area contributed by atoms with E-state index in [0.717, 1.165) is 34.9 Å². The van der Waals surface area contributed by atoms with E-state index in [1.165, 1.54) is 0 Å². The van der Waals surface area contributed by atoms with Crippen molar-refractivity contribution in [3.8, 4) is 5.69 Å². The summed E-state index contributed by atoms with van der Waals surface area (Å²) >= 11 is 0. The predicted octanol–water partition coefficient (Wildman–Crippen LogP) is 2.36. The quantitative estimate of drug-likeness (QED) is 0.686. The van der Waals surface area contributed by atoms with Crippen molar-refractivity contribution in [2.75, 3.05) is 24.5 Å². The van der Waals surface area contributed by atoms with Crippen LogP contribution in [-0.4, -0.2) is 41.0 Å². The van der Waals surface area contributed by atoms with Crippen molar-refractivity contribution in [3.05, 3.63) is 77.4 Å². The van der Waals surface area contributed by atoms with Gasteiger partial charge in [0.25, 0.3) is 5.91 Å². The molecule has 3 heterocycles. The number of rotatable bonds is 5. The van der Waals surface area contributed by atoms with Gasteiger partial charge in [0.15, 0.2) is 0 Å². The molecule has 1 aromatic carbocycles. The van der Waals surface area contributed by atoms with E-state index in [1.54, 1.807) is 12.4 Å². The molecule has 0 aliphatic carbocycles. The van der Waals surface area contributed by atoms with Gasteiger partial charge in [-0.2, -0.15) is 0 Å². The molecule has 0 atom stereocenters. The van der Waals surface area contributed by atoms with Crippen LogP contribution in [0.2, 0.25) is 0 Å². The van der Waals surface area contributed by atoms with E-state index >= 15 is 0 Å². The topological polar surface area (TPSA) is 79.3 Å². The lowest BCUT2D eigenvalue weighted by Gasteiger charge is -2.28. The number of pyridine rings is 1. The van der Waals surface area contributed by atoms with Gasteiger partial charge in [0, 0.05) is 42.9 Å². The fourth-order valence-electron chi connectivity index (χ4n) is 3.84. The number of benzene rings is 1. The fraction of sp³-hybridized carbons (Fsp3) is 0.261. The molecule has 4 rings (SSSR count). The molecule has 2 amide bonds. The van der Waals surface area contributed by atoms with Gasteiger partial charge >= 0.3 is 0 Å². The van der Waals surface area contributed by atoms with Crippen LogP contribution in [0.25, 0.3) is 5.69 Å². The molecule has 2 N–H and O–H groups in total. The van der Waals surface area contributed by atoms with Crippen LogP contribution in [-0.2, 0) is 11.3 Å². The Hall–Kier alpha value is -3.61. The summed E-state index contributed by atoms with van der Waals surface area (Å²) in [6, 6.07) is 13.7. The van der Waals surface area contributed by atoms with E-state index in [-0.39, 0.29) is 11.8 Å². The predicted molar refractivity (Wildman–Crippen MR) is 116 cm³/mol. The number of carbonyl (C=O) groups excluding carboxylic acids is 2. The number of nitrogens with zero attached hydrogens (tertiary/aromatic N) is 3. The number of anilines is 1. The van der Waals surface area contributed by atoms with Crippen LogP contribution in [0.1, 0.15) is 27.3 Å². The molecule has 2 aromatic heterocycles. The summed E-state index contributed by atoms with van der Waals surface area (Å²) in [4.78, 5) is 30.6. The summed E-state index contributed by atoms with van der Waals surface area (Å²) < 4.78 is 2.03. The number of hydrogen-bond donors (Lipinski definition) is 2. The third-order valence-corrected chi connectivity index (χ3v) is 5.37. The zero-order chi connectivity index (χ0) is 21.1. The molecule has 0 radical (unpaired) electrons. The van der Waals surface area contributed by atoms with Crippen molar-refractivity contribution in [2.24, 2.45) is 0 Å². The Balaban J connectivity index is 1.42. The largest absolute Gasteiger partial charge is 0.360 e. The second kappa shape index (κ2) is 8.41. The summed E-state index contributed by atoms with van der Waals surface area (Å²) in [6.07, 6.45) is 3.52. The van der Waals surface area contributed by atoms with Gasteiger partial charge < -0.3 is 20.1 Å². The monoisotopic (exact) mass is 403 g/mol. The van der Waals surface area contributed by atoms with E-state index in [9.17, 15) is 9.59 Å². The number of piperazine rings is 1. The molecule has 0 unspecified atom stereocenters. The highest BCUT2D eigenvalue weighted by molar-refractivity contribution is 5.95. The Morgan fingerprint density at radius 2 is 1.97 bits per heavy atom. The first kappa shape index (κ1) is 19.7. The number of amides is 2. The lowest BCUT2D eigenvalue weighted by molar-refractivity contribution is -0.120. The molecule has 1 aliphatic rings. The standard InChI is InChI=1S/C23H25N5O2/c1-16-12-21(17(2)28(16)20-4-3-9-24-14-20)23(30)26-13-18-5-7-19(8-6-18)27-11-10-25-22(29)15-27/h3-9,12,14H,10-11,13,15H2,1-2H3,(H,25,29)(H,26,30). The Bertz CT molecular complexity index is 1060. The third-order valence-electron chi connectivity index (χ3n) is 5.37. The molecule has 1 fully saturated rings. The lowest BCUT2D eigenvalue weighted by Crippen LogP contribution is -2.47. The van der Waals surface area contributed by atoms with Gasteiger partial charge in [-0.3, -0.25) is 14.6 Å². The highest BCUT2D eigenvalue weighted by Crippen LogP contribution is 2.20. The van der Waals surface area contributed by atoms with Gasteiger partial charge in [0.05, 0.1) is 24.0 Å². The van der Waals surface area contributed by atoms with Crippen LogP contribution in [0.5, 0.6) is 0 Å². The molecule has 1 aliphatic heterocycles. The van der Waals surface area contributed by atoms with Gasteiger partial charge in [0.1, 0.15) is 0 Å². The first-order valence-corrected chi connectivity index (χ1v) is 10.0. The van der Waals surface area contributed by atoms with Gasteiger partial charge in [-0.05, 0) is 49.7 Å². The average Bonchev–Trinajstić information content (AvgIpc) is 3.07. The minimum atomic E-state index is -0.102. The number of carbonyl (C=O) groups is 2. The molecule has 0 bridgehead atoms. The van der Waals surface area contributed by atoms with Gasteiger partial charge in [-0.15, -0.1) is 0 Å². The number of aromatic nitrogens is 2. The Kier molecular flexibility index (Phi) is 5.52. The SMILES string of the molecule is Cc1cc(C(=O)NCc2ccc(N3CCNC(=O)C3)cc2)c(C)n1-c1cccnc1. The van der Waals surface area contributed by atoms with E-state index in [0.29, 0.717) is 25.2 Å². The summed E-state index contributed by atoms with van der Waals surface area (Å²) in [5, 5.41) is 5.84. The van der Waals surface area contributed by atoms with Crippen molar-refractivity contribution in [1.29, 1.82) is 0 Å². The van der Waals surface area contributed by atoms with Crippen molar-refractivity contribution < 1.29 is 9.59 Å². The van der Waals surface area contributed by atoms with E-state index in [4.69, 9.17) is 0 Å². The van der Waals surface area contributed by atoms with Crippen LogP contribution in [0, 0.1) is 13.8 Å². The highest BCUT2D eigenvalue weighted by Gasteiger charge is 2.18. The van der Waals surface area contributed by atoms with Crippen LogP contribution in [0.3, 0.4) is 0 Å². The van der Waals surface area contributed by atoms with E-state index in [1.807, 2.05) is 60.9 Å². The fourth-order valence-corrected chi connectivity index (χ4v) is 3.84.